The number of carbonyl (C=O) groups is 1. The van der Waals surface area contributed by atoms with Crippen LogP contribution in [0.2, 0.25) is 0 Å². The standard InChI is InChI=1S/C13H25NO3/c1-13(2,3)17-12(16)14-11(9-15)10-7-5-4-6-8-10/h10-11,15H,4-9H2,1-3H3,(H,14,16)/t11-/m1/s1. The molecule has 0 heterocycles. The minimum atomic E-state index is -0.489. The molecule has 4 nitrogen and oxygen atoms in total. The summed E-state index contributed by atoms with van der Waals surface area (Å²) in [7, 11) is 0. The number of hydrogen-bond acceptors (Lipinski definition) is 3. The minimum absolute atomic E-state index is 0.0100. The largest absolute Gasteiger partial charge is 0.444 e. The van der Waals surface area contributed by atoms with Gasteiger partial charge in [-0.05, 0) is 39.5 Å². The van der Waals surface area contributed by atoms with Gasteiger partial charge in [0.25, 0.3) is 0 Å². The monoisotopic (exact) mass is 243 g/mol. The van der Waals surface area contributed by atoms with E-state index in [0.717, 1.165) is 12.8 Å². The summed E-state index contributed by atoms with van der Waals surface area (Å²) in [5.74, 6) is 0.390. The smallest absolute Gasteiger partial charge is 0.407 e. The lowest BCUT2D eigenvalue weighted by atomic mass is 9.84. The normalized spacial score (nSPS) is 19.8. The van der Waals surface area contributed by atoms with Crippen molar-refractivity contribution in [1.82, 2.24) is 5.32 Å². The third-order valence-electron chi connectivity index (χ3n) is 3.12. The molecule has 1 saturated carbocycles. The van der Waals surface area contributed by atoms with Crippen LogP contribution in [0.3, 0.4) is 0 Å². The number of nitrogens with one attached hydrogen (secondary N) is 1. The van der Waals surface area contributed by atoms with Gasteiger partial charge in [-0.25, -0.2) is 4.79 Å². The topological polar surface area (TPSA) is 58.6 Å². The Morgan fingerprint density at radius 1 is 1.35 bits per heavy atom. The maximum absolute atomic E-state index is 11.6. The Morgan fingerprint density at radius 3 is 2.41 bits per heavy atom. The molecule has 0 aromatic heterocycles. The molecule has 1 atom stereocenters. The first-order chi connectivity index (χ1) is 7.92. The number of amides is 1. The fourth-order valence-corrected chi connectivity index (χ4v) is 2.31. The van der Waals surface area contributed by atoms with Gasteiger partial charge in [0.15, 0.2) is 0 Å². The van der Waals surface area contributed by atoms with Gasteiger partial charge in [-0.15, -0.1) is 0 Å². The second-order valence-corrected chi connectivity index (χ2v) is 5.83. The first kappa shape index (κ1) is 14.3. The van der Waals surface area contributed by atoms with Crippen molar-refractivity contribution < 1.29 is 14.6 Å². The number of hydrogen-bond donors (Lipinski definition) is 2. The van der Waals surface area contributed by atoms with Gasteiger partial charge in [0.2, 0.25) is 0 Å². The van der Waals surface area contributed by atoms with Crippen molar-refractivity contribution in [2.75, 3.05) is 6.61 Å². The van der Waals surface area contributed by atoms with Crippen molar-refractivity contribution in [2.24, 2.45) is 5.92 Å². The van der Waals surface area contributed by atoms with E-state index in [-0.39, 0.29) is 12.6 Å². The van der Waals surface area contributed by atoms with Crippen molar-refractivity contribution in [3.8, 4) is 0 Å². The molecule has 1 aliphatic rings. The van der Waals surface area contributed by atoms with Gasteiger partial charge in [-0.1, -0.05) is 19.3 Å². The van der Waals surface area contributed by atoms with Crippen molar-refractivity contribution in [2.45, 2.75) is 64.5 Å². The third kappa shape index (κ3) is 5.39. The molecule has 4 heteroatoms. The quantitative estimate of drug-likeness (QED) is 0.800. The number of carbonyl (C=O) groups excluding carboxylic acids is 1. The van der Waals surface area contributed by atoms with Crippen molar-refractivity contribution in [1.29, 1.82) is 0 Å². The molecule has 2 N–H and O–H groups in total. The molecule has 1 aliphatic carbocycles. The Hall–Kier alpha value is -0.770. The van der Waals surface area contributed by atoms with Gasteiger partial charge in [0.1, 0.15) is 5.60 Å². The average Bonchev–Trinajstić information content (AvgIpc) is 2.24. The molecule has 0 spiro atoms. The lowest BCUT2D eigenvalue weighted by Crippen LogP contribution is -2.45. The molecule has 1 amide bonds. The van der Waals surface area contributed by atoms with Crippen molar-refractivity contribution >= 4 is 6.09 Å². The maximum Gasteiger partial charge on any atom is 0.407 e. The van der Waals surface area contributed by atoms with Gasteiger partial charge < -0.3 is 15.2 Å². The Balaban J connectivity index is 2.42. The van der Waals surface area contributed by atoms with Gasteiger partial charge in [0.05, 0.1) is 12.6 Å². The summed E-state index contributed by atoms with van der Waals surface area (Å²) in [4.78, 5) is 11.6. The zero-order chi connectivity index (χ0) is 12.9. The first-order valence-electron chi connectivity index (χ1n) is 6.53. The summed E-state index contributed by atoms with van der Waals surface area (Å²) in [6, 6.07) is -0.162. The molecular formula is C13H25NO3. The highest BCUT2D eigenvalue weighted by atomic mass is 16.6. The third-order valence-corrected chi connectivity index (χ3v) is 3.12. The van der Waals surface area contributed by atoms with Gasteiger partial charge in [0, 0.05) is 0 Å². The van der Waals surface area contributed by atoms with E-state index in [0.29, 0.717) is 5.92 Å². The Labute approximate surface area is 104 Å². The van der Waals surface area contributed by atoms with Crippen LogP contribution in [0.1, 0.15) is 52.9 Å². The summed E-state index contributed by atoms with van der Waals surface area (Å²) in [5, 5.41) is 12.1. The molecule has 17 heavy (non-hydrogen) atoms. The Bertz CT molecular complexity index is 242. The van der Waals surface area contributed by atoms with E-state index >= 15 is 0 Å². The van der Waals surface area contributed by atoms with Crippen molar-refractivity contribution in [3.63, 3.8) is 0 Å². The predicted molar refractivity (Wildman–Crippen MR) is 66.8 cm³/mol. The van der Waals surface area contributed by atoms with E-state index < -0.39 is 11.7 Å². The summed E-state index contributed by atoms with van der Waals surface area (Å²) in [6.45, 7) is 5.49. The molecule has 1 fully saturated rings. The highest BCUT2D eigenvalue weighted by molar-refractivity contribution is 5.68. The average molecular weight is 243 g/mol. The lowest BCUT2D eigenvalue weighted by molar-refractivity contribution is 0.0440. The maximum atomic E-state index is 11.6. The molecule has 0 aromatic carbocycles. The van der Waals surface area contributed by atoms with Crippen LogP contribution in [0.25, 0.3) is 0 Å². The van der Waals surface area contributed by atoms with E-state index in [9.17, 15) is 9.90 Å². The molecule has 0 aliphatic heterocycles. The molecule has 0 radical (unpaired) electrons. The number of aliphatic hydroxyl groups is 1. The number of ether oxygens (including phenoxy) is 1. The molecule has 0 aromatic rings. The fourth-order valence-electron chi connectivity index (χ4n) is 2.31. The molecule has 0 bridgehead atoms. The summed E-state index contributed by atoms with van der Waals surface area (Å²) < 4.78 is 5.20. The van der Waals surface area contributed by atoms with E-state index in [4.69, 9.17) is 4.74 Å². The molecule has 0 unspecified atom stereocenters. The fraction of sp³-hybridized carbons (Fsp3) is 0.923. The second-order valence-electron chi connectivity index (χ2n) is 5.83. The van der Waals surface area contributed by atoms with Crippen LogP contribution >= 0.6 is 0 Å². The number of rotatable bonds is 3. The van der Waals surface area contributed by atoms with Gasteiger partial charge >= 0.3 is 6.09 Å². The minimum Gasteiger partial charge on any atom is -0.444 e. The van der Waals surface area contributed by atoms with Gasteiger partial charge in [-0.3, -0.25) is 0 Å². The van der Waals surface area contributed by atoms with Crippen LogP contribution in [-0.2, 0) is 4.74 Å². The second kappa shape index (κ2) is 6.24. The highest BCUT2D eigenvalue weighted by Gasteiger charge is 2.26. The van der Waals surface area contributed by atoms with E-state index in [1.165, 1.54) is 19.3 Å². The summed E-state index contributed by atoms with van der Waals surface area (Å²) in [6.07, 6.45) is 5.39. The molecule has 0 saturated heterocycles. The van der Waals surface area contributed by atoms with Crippen molar-refractivity contribution in [3.05, 3.63) is 0 Å². The zero-order valence-electron chi connectivity index (χ0n) is 11.2. The van der Waals surface area contributed by atoms with Crippen LogP contribution in [0, 0.1) is 5.92 Å². The van der Waals surface area contributed by atoms with Gasteiger partial charge in [-0.2, -0.15) is 0 Å². The Kier molecular flexibility index (Phi) is 5.25. The van der Waals surface area contributed by atoms with E-state index in [1.54, 1.807) is 0 Å². The van der Waals surface area contributed by atoms with E-state index in [2.05, 4.69) is 5.32 Å². The van der Waals surface area contributed by atoms with Crippen LogP contribution in [-0.4, -0.2) is 29.4 Å². The number of aliphatic hydroxyl groups excluding tert-OH is 1. The highest BCUT2D eigenvalue weighted by Crippen LogP contribution is 2.26. The van der Waals surface area contributed by atoms with Crippen LogP contribution in [0.5, 0.6) is 0 Å². The molecule has 100 valence electrons. The van der Waals surface area contributed by atoms with E-state index in [1.807, 2.05) is 20.8 Å². The van der Waals surface area contributed by atoms with Crippen LogP contribution < -0.4 is 5.32 Å². The zero-order valence-corrected chi connectivity index (χ0v) is 11.2. The molecule has 1 rings (SSSR count). The molecular weight excluding hydrogens is 218 g/mol. The summed E-state index contributed by atoms with van der Waals surface area (Å²) in [5.41, 5.74) is -0.489. The summed E-state index contributed by atoms with van der Waals surface area (Å²) >= 11 is 0. The number of alkyl carbamates (subject to hydrolysis) is 1. The van der Waals surface area contributed by atoms with Crippen LogP contribution in [0.15, 0.2) is 0 Å². The first-order valence-corrected chi connectivity index (χ1v) is 6.53. The lowest BCUT2D eigenvalue weighted by Gasteiger charge is -2.30. The Morgan fingerprint density at radius 2 is 1.94 bits per heavy atom. The van der Waals surface area contributed by atoms with Crippen LogP contribution in [0.4, 0.5) is 4.79 Å². The predicted octanol–water partition coefficient (Wildman–Crippen LogP) is 2.45. The SMILES string of the molecule is CC(C)(C)OC(=O)N[C@H](CO)C1CCCCC1.